The molecular formula is C61H41NS. The monoisotopic (exact) mass is 819 g/mol. The molecule has 0 atom stereocenters. The van der Waals surface area contributed by atoms with Crippen molar-refractivity contribution in [3.63, 3.8) is 0 Å². The van der Waals surface area contributed by atoms with E-state index in [9.17, 15) is 0 Å². The van der Waals surface area contributed by atoms with E-state index in [2.05, 4.69) is 254 Å². The lowest BCUT2D eigenvalue weighted by atomic mass is 9.67. The Balaban J connectivity index is 0.888. The van der Waals surface area contributed by atoms with Crippen molar-refractivity contribution in [2.75, 3.05) is 4.90 Å². The molecule has 0 amide bonds. The van der Waals surface area contributed by atoms with Crippen molar-refractivity contribution in [2.24, 2.45) is 0 Å². The van der Waals surface area contributed by atoms with Crippen LogP contribution in [-0.4, -0.2) is 0 Å². The van der Waals surface area contributed by atoms with Crippen LogP contribution in [0.4, 0.5) is 17.1 Å². The van der Waals surface area contributed by atoms with E-state index >= 15 is 0 Å². The summed E-state index contributed by atoms with van der Waals surface area (Å²) >= 11 is 1.86. The first-order chi connectivity index (χ1) is 31.2. The van der Waals surface area contributed by atoms with Crippen molar-refractivity contribution in [2.45, 2.75) is 5.41 Å². The fourth-order valence-electron chi connectivity index (χ4n) is 10.1. The molecule has 0 saturated heterocycles. The van der Waals surface area contributed by atoms with E-state index in [0.29, 0.717) is 0 Å². The summed E-state index contributed by atoms with van der Waals surface area (Å²) < 4.78 is 2.64. The number of hydrogen-bond acceptors (Lipinski definition) is 2. The zero-order valence-electron chi connectivity index (χ0n) is 34.5. The van der Waals surface area contributed by atoms with Crippen LogP contribution in [0.3, 0.4) is 0 Å². The number of nitrogens with zero attached hydrogens (tertiary/aromatic N) is 1. The summed E-state index contributed by atoms with van der Waals surface area (Å²) in [6, 6.07) is 91.2. The van der Waals surface area contributed by atoms with Crippen LogP contribution in [0.1, 0.15) is 22.3 Å². The standard InChI is InChI=1S/C61H41NS/c1-4-17-47(18-5-1)61(48-19-6-2-7-20-48)56-27-12-10-24-53(56)55-41-46(36-39-57(55)61)43-32-30-42(31-33-43)45-16-14-23-51(40-45)62(49-21-8-3-9-22-49)50-37-34-44(35-38-50)52-26-15-29-59-60(52)54-25-11-13-28-58(54)63-59/h1-41H. The minimum absolute atomic E-state index is 0.397. The summed E-state index contributed by atoms with van der Waals surface area (Å²) in [6.45, 7) is 0. The first-order valence-electron chi connectivity index (χ1n) is 21.7. The number of fused-ring (bicyclic) bond motifs is 6. The number of anilines is 3. The van der Waals surface area contributed by atoms with E-state index in [1.807, 2.05) is 11.3 Å². The maximum atomic E-state index is 2.41. The van der Waals surface area contributed by atoms with Gasteiger partial charge in [0.25, 0.3) is 0 Å². The van der Waals surface area contributed by atoms with Gasteiger partial charge in [-0.25, -0.2) is 0 Å². The fraction of sp³-hybridized carbons (Fsp3) is 0.0164. The van der Waals surface area contributed by atoms with Gasteiger partial charge in [-0.05, 0) is 121 Å². The smallest absolute Gasteiger partial charge is 0.0713 e. The lowest BCUT2D eigenvalue weighted by molar-refractivity contribution is 0.768. The van der Waals surface area contributed by atoms with Crippen LogP contribution < -0.4 is 4.90 Å². The predicted octanol–water partition coefficient (Wildman–Crippen LogP) is 16.9. The number of benzene rings is 10. The van der Waals surface area contributed by atoms with Crippen LogP contribution in [0, 0.1) is 0 Å². The topological polar surface area (TPSA) is 3.24 Å². The predicted molar refractivity (Wildman–Crippen MR) is 268 cm³/mol. The number of rotatable bonds is 8. The Morgan fingerprint density at radius 2 is 0.810 bits per heavy atom. The third-order valence-electron chi connectivity index (χ3n) is 13.0. The maximum Gasteiger partial charge on any atom is 0.0713 e. The average molecular weight is 820 g/mol. The molecule has 0 saturated carbocycles. The molecule has 0 radical (unpaired) electrons. The molecule has 1 heterocycles. The van der Waals surface area contributed by atoms with Crippen molar-refractivity contribution in [1.29, 1.82) is 0 Å². The molecule has 63 heavy (non-hydrogen) atoms. The van der Waals surface area contributed by atoms with Gasteiger partial charge in [0.2, 0.25) is 0 Å². The Kier molecular flexibility index (Phi) is 8.98. The molecule has 296 valence electrons. The molecule has 1 aromatic heterocycles. The van der Waals surface area contributed by atoms with E-state index in [4.69, 9.17) is 0 Å². The minimum Gasteiger partial charge on any atom is -0.310 e. The van der Waals surface area contributed by atoms with Gasteiger partial charge in [-0.15, -0.1) is 11.3 Å². The quantitative estimate of drug-likeness (QED) is 0.148. The molecule has 0 fully saturated rings. The summed E-state index contributed by atoms with van der Waals surface area (Å²) in [5.41, 5.74) is 18.0. The Bertz CT molecular complexity index is 3380. The van der Waals surface area contributed by atoms with Gasteiger partial charge in [0, 0.05) is 37.2 Å². The molecule has 12 rings (SSSR count). The molecule has 1 nitrogen and oxygen atoms in total. The Labute approximate surface area is 372 Å². The minimum atomic E-state index is -0.397. The lowest BCUT2D eigenvalue weighted by Crippen LogP contribution is -2.28. The van der Waals surface area contributed by atoms with Gasteiger partial charge in [-0.2, -0.15) is 0 Å². The molecule has 0 unspecified atom stereocenters. The third-order valence-corrected chi connectivity index (χ3v) is 14.1. The molecular weight excluding hydrogens is 779 g/mol. The molecule has 10 aromatic carbocycles. The third kappa shape index (κ3) is 6.14. The maximum absolute atomic E-state index is 2.41. The normalized spacial score (nSPS) is 12.6. The van der Waals surface area contributed by atoms with E-state index in [0.717, 1.165) is 17.1 Å². The van der Waals surface area contributed by atoms with Crippen molar-refractivity contribution in [3.05, 3.63) is 271 Å². The van der Waals surface area contributed by atoms with Gasteiger partial charge in [-0.1, -0.05) is 194 Å². The van der Waals surface area contributed by atoms with E-state index < -0.39 is 5.41 Å². The highest BCUT2D eigenvalue weighted by atomic mass is 32.1. The van der Waals surface area contributed by atoms with Crippen LogP contribution in [0.25, 0.3) is 64.7 Å². The number of thiophene rings is 1. The molecule has 11 aromatic rings. The van der Waals surface area contributed by atoms with E-state index in [-0.39, 0.29) is 0 Å². The second-order valence-corrected chi connectivity index (χ2v) is 17.5. The van der Waals surface area contributed by atoms with Gasteiger partial charge in [0.1, 0.15) is 0 Å². The van der Waals surface area contributed by atoms with Crippen LogP contribution in [-0.2, 0) is 5.41 Å². The van der Waals surface area contributed by atoms with E-state index in [1.54, 1.807) is 0 Å². The van der Waals surface area contributed by atoms with Crippen molar-refractivity contribution < 1.29 is 0 Å². The van der Waals surface area contributed by atoms with Gasteiger partial charge in [-0.3, -0.25) is 0 Å². The summed E-state index contributed by atoms with van der Waals surface area (Å²) in [5, 5.41) is 2.65. The van der Waals surface area contributed by atoms with Crippen LogP contribution in [0.2, 0.25) is 0 Å². The summed E-state index contributed by atoms with van der Waals surface area (Å²) in [5.74, 6) is 0. The molecule has 1 aliphatic rings. The SMILES string of the molecule is c1ccc(N(c2ccc(-c3cccc4sc5ccccc5c34)cc2)c2cccc(-c3ccc(-c4ccc5c(c4)-c4ccccc4C5(c4ccccc4)c4ccccc4)cc3)c2)cc1. The first-order valence-corrected chi connectivity index (χ1v) is 22.5. The Hall–Kier alpha value is -7.78. The van der Waals surface area contributed by atoms with Gasteiger partial charge in [0.15, 0.2) is 0 Å². The van der Waals surface area contributed by atoms with Crippen molar-refractivity contribution in [3.8, 4) is 44.5 Å². The molecule has 2 heteroatoms. The summed E-state index contributed by atoms with van der Waals surface area (Å²) in [6.07, 6.45) is 0. The van der Waals surface area contributed by atoms with Gasteiger partial charge < -0.3 is 4.90 Å². The lowest BCUT2D eigenvalue weighted by Gasteiger charge is -2.33. The highest BCUT2D eigenvalue weighted by Crippen LogP contribution is 2.56. The molecule has 0 spiro atoms. The highest BCUT2D eigenvalue weighted by Gasteiger charge is 2.45. The van der Waals surface area contributed by atoms with Crippen LogP contribution in [0.15, 0.2) is 249 Å². The average Bonchev–Trinajstić information content (AvgIpc) is 3.89. The summed E-state index contributed by atoms with van der Waals surface area (Å²) in [4.78, 5) is 2.36. The highest BCUT2D eigenvalue weighted by molar-refractivity contribution is 7.25. The number of para-hydroxylation sites is 1. The van der Waals surface area contributed by atoms with Crippen LogP contribution >= 0.6 is 11.3 Å². The zero-order valence-corrected chi connectivity index (χ0v) is 35.3. The summed E-state index contributed by atoms with van der Waals surface area (Å²) in [7, 11) is 0. The second-order valence-electron chi connectivity index (χ2n) is 16.4. The largest absolute Gasteiger partial charge is 0.310 e. The Morgan fingerprint density at radius 1 is 0.302 bits per heavy atom. The van der Waals surface area contributed by atoms with Crippen LogP contribution in [0.5, 0.6) is 0 Å². The van der Waals surface area contributed by atoms with Gasteiger partial charge in [0.05, 0.1) is 5.41 Å². The molecule has 0 N–H and O–H groups in total. The second kappa shape index (κ2) is 15.3. The van der Waals surface area contributed by atoms with Crippen molar-refractivity contribution >= 4 is 48.6 Å². The molecule has 0 bridgehead atoms. The Morgan fingerprint density at radius 3 is 1.54 bits per heavy atom. The number of hydrogen-bond donors (Lipinski definition) is 0. The van der Waals surface area contributed by atoms with Crippen molar-refractivity contribution in [1.82, 2.24) is 0 Å². The first kappa shape index (κ1) is 37.0. The van der Waals surface area contributed by atoms with E-state index in [1.165, 1.54) is 86.9 Å². The fourth-order valence-corrected chi connectivity index (χ4v) is 11.3. The van der Waals surface area contributed by atoms with Gasteiger partial charge >= 0.3 is 0 Å². The molecule has 0 aliphatic heterocycles. The zero-order chi connectivity index (χ0) is 41.7. The molecule has 1 aliphatic carbocycles.